The zero-order valence-corrected chi connectivity index (χ0v) is 13.0. The molecule has 1 heterocycles. The second-order valence-electron chi connectivity index (χ2n) is 5.30. The maximum Gasteiger partial charge on any atom is 0.333 e. The van der Waals surface area contributed by atoms with E-state index in [4.69, 9.17) is 9.47 Å². The lowest BCUT2D eigenvalue weighted by atomic mass is 10.0. The first-order valence-electron chi connectivity index (χ1n) is 7.28. The van der Waals surface area contributed by atoms with Crippen molar-refractivity contribution in [3.05, 3.63) is 41.5 Å². The summed E-state index contributed by atoms with van der Waals surface area (Å²) in [7, 11) is 3.09. The van der Waals surface area contributed by atoms with Crippen molar-refractivity contribution >= 4 is 5.97 Å². The molecule has 1 saturated heterocycles. The van der Waals surface area contributed by atoms with E-state index >= 15 is 0 Å². The number of ether oxygens (including phenoxy) is 2. The molecule has 1 atom stereocenters. The molecule has 0 aromatic heterocycles. The van der Waals surface area contributed by atoms with Gasteiger partial charge in [0.15, 0.2) is 0 Å². The molecule has 1 aliphatic rings. The molecule has 0 N–H and O–H groups in total. The Balaban J connectivity index is 2.04. The van der Waals surface area contributed by atoms with Crippen LogP contribution in [0.3, 0.4) is 0 Å². The second kappa shape index (κ2) is 7.27. The summed E-state index contributed by atoms with van der Waals surface area (Å²) in [5.74, 6) is 0.625. The van der Waals surface area contributed by atoms with Crippen LogP contribution >= 0.6 is 0 Å². The Kier molecular flexibility index (Phi) is 5.39. The van der Waals surface area contributed by atoms with Gasteiger partial charge in [-0.05, 0) is 44.0 Å². The summed E-state index contributed by atoms with van der Waals surface area (Å²) in [4.78, 5) is 13.8. The SMILES string of the molecule is COC(=O)/C(C)=C/CN1CCC[C@@H]1c1ccc(OC)cc1. The van der Waals surface area contributed by atoms with E-state index in [-0.39, 0.29) is 5.97 Å². The van der Waals surface area contributed by atoms with E-state index in [1.54, 1.807) is 14.0 Å². The molecule has 0 radical (unpaired) electrons. The van der Waals surface area contributed by atoms with Crippen LogP contribution < -0.4 is 4.74 Å². The van der Waals surface area contributed by atoms with E-state index in [2.05, 4.69) is 17.0 Å². The minimum Gasteiger partial charge on any atom is -0.497 e. The van der Waals surface area contributed by atoms with Gasteiger partial charge in [-0.2, -0.15) is 0 Å². The Hall–Kier alpha value is -1.81. The number of methoxy groups -OCH3 is 2. The van der Waals surface area contributed by atoms with E-state index in [9.17, 15) is 4.79 Å². The fourth-order valence-corrected chi connectivity index (χ4v) is 2.75. The van der Waals surface area contributed by atoms with Crippen LogP contribution in [0.15, 0.2) is 35.9 Å². The average molecular weight is 289 g/mol. The maximum absolute atomic E-state index is 11.4. The van der Waals surface area contributed by atoms with Gasteiger partial charge >= 0.3 is 5.97 Å². The van der Waals surface area contributed by atoms with Crippen LogP contribution in [0.1, 0.15) is 31.4 Å². The van der Waals surface area contributed by atoms with Crippen molar-refractivity contribution in [3.8, 4) is 5.75 Å². The molecule has 1 aliphatic heterocycles. The molecule has 0 spiro atoms. The fourth-order valence-electron chi connectivity index (χ4n) is 2.75. The monoisotopic (exact) mass is 289 g/mol. The highest BCUT2D eigenvalue weighted by atomic mass is 16.5. The highest BCUT2D eigenvalue weighted by molar-refractivity contribution is 5.87. The van der Waals surface area contributed by atoms with Crippen LogP contribution in [-0.2, 0) is 9.53 Å². The molecule has 2 rings (SSSR count). The Morgan fingerprint density at radius 3 is 2.67 bits per heavy atom. The number of esters is 1. The van der Waals surface area contributed by atoms with Gasteiger partial charge in [0.1, 0.15) is 5.75 Å². The third-order valence-corrected chi connectivity index (χ3v) is 4.00. The molecule has 0 bridgehead atoms. The number of rotatable bonds is 5. The third kappa shape index (κ3) is 3.85. The maximum atomic E-state index is 11.4. The number of likely N-dealkylation sites (tertiary alicyclic amines) is 1. The van der Waals surface area contributed by atoms with E-state index in [0.29, 0.717) is 11.6 Å². The topological polar surface area (TPSA) is 38.8 Å². The summed E-state index contributed by atoms with van der Waals surface area (Å²) >= 11 is 0. The average Bonchev–Trinajstić information content (AvgIpc) is 3.00. The van der Waals surface area contributed by atoms with Crippen molar-refractivity contribution in [2.24, 2.45) is 0 Å². The van der Waals surface area contributed by atoms with Crippen LogP contribution in [0.4, 0.5) is 0 Å². The van der Waals surface area contributed by atoms with E-state index < -0.39 is 0 Å². The Morgan fingerprint density at radius 1 is 1.33 bits per heavy atom. The van der Waals surface area contributed by atoms with Gasteiger partial charge in [-0.1, -0.05) is 18.2 Å². The zero-order valence-electron chi connectivity index (χ0n) is 13.0. The molecule has 0 saturated carbocycles. The Labute approximate surface area is 126 Å². The quantitative estimate of drug-likeness (QED) is 0.617. The van der Waals surface area contributed by atoms with Gasteiger partial charge in [0, 0.05) is 18.2 Å². The standard InChI is InChI=1S/C17H23NO3/c1-13(17(19)21-3)10-12-18-11-4-5-16(18)14-6-8-15(20-2)9-7-14/h6-10,16H,4-5,11-12H2,1-3H3/b13-10+/t16-/m1/s1. The number of carbonyl (C=O) groups excluding carboxylic acids is 1. The molecule has 114 valence electrons. The second-order valence-corrected chi connectivity index (χ2v) is 5.30. The van der Waals surface area contributed by atoms with Crippen molar-refractivity contribution in [1.82, 2.24) is 4.90 Å². The van der Waals surface area contributed by atoms with Gasteiger partial charge in [-0.3, -0.25) is 4.90 Å². The molecule has 0 amide bonds. The van der Waals surface area contributed by atoms with Crippen molar-refractivity contribution in [1.29, 1.82) is 0 Å². The van der Waals surface area contributed by atoms with Crippen molar-refractivity contribution < 1.29 is 14.3 Å². The van der Waals surface area contributed by atoms with Crippen LogP contribution in [0.25, 0.3) is 0 Å². The Morgan fingerprint density at radius 2 is 2.05 bits per heavy atom. The van der Waals surface area contributed by atoms with Crippen LogP contribution in [0.2, 0.25) is 0 Å². The summed E-state index contributed by atoms with van der Waals surface area (Å²) in [6, 6.07) is 8.66. The van der Waals surface area contributed by atoms with Gasteiger partial charge in [0.25, 0.3) is 0 Å². The predicted molar refractivity (Wildman–Crippen MR) is 82.3 cm³/mol. The summed E-state index contributed by atoms with van der Waals surface area (Å²) in [5, 5.41) is 0. The molecule has 1 aromatic rings. The summed E-state index contributed by atoms with van der Waals surface area (Å²) in [5.41, 5.74) is 1.97. The first-order chi connectivity index (χ1) is 10.2. The van der Waals surface area contributed by atoms with Gasteiger partial charge < -0.3 is 9.47 Å². The van der Waals surface area contributed by atoms with Crippen molar-refractivity contribution in [2.45, 2.75) is 25.8 Å². The molecular weight excluding hydrogens is 266 g/mol. The first-order valence-corrected chi connectivity index (χ1v) is 7.28. The van der Waals surface area contributed by atoms with E-state index in [1.807, 2.05) is 18.2 Å². The third-order valence-electron chi connectivity index (χ3n) is 4.00. The first kappa shape index (κ1) is 15.6. The molecule has 1 fully saturated rings. The van der Waals surface area contributed by atoms with Crippen LogP contribution in [0, 0.1) is 0 Å². The minimum absolute atomic E-state index is 0.254. The minimum atomic E-state index is -0.254. The van der Waals surface area contributed by atoms with Gasteiger partial charge in [0.05, 0.1) is 14.2 Å². The van der Waals surface area contributed by atoms with Gasteiger partial charge in [-0.25, -0.2) is 4.79 Å². The smallest absolute Gasteiger partial charge is 0.333 e. The van der Waals surface area contributed by atoms with Crippen LogP contribution in [0.5, 0.6) is 5.75 Å². The number of benzene rings is 1. The molecule has 0 aliphatic carbocycles. The number of carbonyl (C=O) groups is 1. The molecule has 0 unspecified atom stereocenters. The number of nitrogens with zero attached hydrogens (tertiary/aromatic N) is 1. The lowest BCUT2D eigenvalue weighted by Crippen LogP contribution is -2.24. The highest BCUT2D eigenvalue weighted by Crippen LogP contribution is 2.32. The van der Waals surface area contributed by atoms with Gasteiger partial charge in [0.2, 0.25) is 0 Å². The van der Waals surface area contributed by atoms with E-state index in [0.717, 1.165) is 25.3 Å². The normalized spacial score (nSPS) is 19.6. The summed E-state index contributed by atoms with van der Waals surface area (Å²) in [6.07, 6.45) is 4.28. The lowest BCUT2D eigenvalue weighted by Gasteiger charge is -2.23. The number of hydrogen-bond acceptors (Lipinski definition) is 4. The lowest BCUT2D eigenvalue weighted by molar-refractivity contribution is -0.136. The fraction of sp³-hybridized carbons (Fsp3) is 0.471. The summed E-state index contributed by atoms with van der Waals surface area (Å²) < 4.78 is 9.93. The molecule has 21 heavy (non-hydrogen) atoms. The van der Waals surface area contributed by atoms with Crippen molar-refractivity contribution in [3.63, 3.8) is 0 Å². The summed E-state index contributed by atoms with van der Waals surface area (Å²) in [6.45, 7) is 3.63. The highest BCUT2D eigenvalue weighted by Gasteiger charge is 2.25. The molecule has 4 nitrogen and oxygen atoms in total. The number of hydrogen-bond donors (Lipinski definition) is 0. The largest absolute Gasteiger partial charge is 0.497 e. The molecular formula is C17H23NO3. The van der Waals surface area contributed by atoms with Crippen LogP contribution in [-0.4, -0.2) is 38.2 Å². The Bertz CT molecular complexity index is 507. The van der Waals surface area contributed by atoms with E-state index in [1.165, 1.54) is 19.1 Å². The predicted octanol–water partition coefficient (Wildman–Crippen LogP) is 2.95. The van der Waals surface area contributed by atoms with Gasteiger partial charge in [-0.15, -0.1) is 0 Å². The molecule has 1 aromatic carbocycles. The zero-order chi connectivity index (χ0) is 15.2. The molecule has 4 heteroatoms. The van der Waals surface area contributed by atoms with Crippen molar-refractivity contribution in [2.75, 3.05) is 27.3 Å².